The van der Waals surface area contributed by atoms with E-state index in [9.17, 15) is 13.2 Å². The van der Waals surface area contributed by atoms with Gasteiger partial charge in [-0.1, -0.05) is 49.7 Å². The average molecular weight is 449 g/mol. The van der Waals surface area contributed by atoms with E-state index in [1.807, 2.05) is 37.3 Å². The lowest BCUT2D eigenvalue weighted by Crippen LogP contribution is -2.43. The normalized spacial score (nSPS) is 17.1. The third-order valence-electron chi connectivity index (χ3n) is 5.72. The van der Waals surface area contributed by atoms with Crippen LogP contribution >= 0.6 is 11.6 Å². The number of carbonyl (C=O) groups is 1. The van der Waals surface area contributed by atoms with Crippen molar-refractivity contribution in [3.05, 3.63) is 64.7 Å². The van der Waals surface area contributed by atoms with E-state index in [1.54, 1.807) is 18.2 Å². The van der Waals surface area contributed by atoms with Crippen LogP contribution in [0.1, 0.15) is 56.7 Å². The van der Waals surface area contributed by atoms with Crippen molar-refractivity contribution in [3.8, 4) is 0 Å². The predicted octanol–water partition coefficient (Wildman–Crippen LogP) is 4.74. The number of nitrogens with zero attached hydrogens (tertiary/aromatic N) is 1. The van der Waals surface area contributed by atoms with Gasteiger partial charge in [-0.05, 0) is 61.1 Å². The smallest absolute Gasteiger partial charge is 0.243 e. The summed E-state index contributed by atoms with van der Waals surface area (Å²) in [5.74, 6) is 0.118. The maximum Gasteiger partial charge on any atom is 0.243 e. The molecule has 1 heterocycles. The number of amides is 1. The quantitative estimate of drug-likeness (QED) is 0.693. The van der Waals surface area contributed by atoms with E-state index in [-0.39, 0.29) is 17.9 Å². The van der Waals surface area contributed by atoms with Crippen molar-refractivity contribution in [2.75, 3.05) is 13.1 Å². The number of hydrogen-bond acceptors (Lipinski definition) is 3. The molecule has 0 aromatic heterocycles. The molecule has 1 N–H and O–H groups in total. The summed E-state index contributed by atoms with van der Waals surface area (Å²) in [4.78, 5) is 13.0. The van der Waals surface area contributed by atoms with Crippen LogP contribution in [-0.2, 0) is 14.8 Å². The van der Waals surface area contributed by atoms with Gasteiger partial charge in [0.15, 0.2) is 0 Å². The molecule has 1 unspecified atom stereocenters. The van der Waals surface area contributed by atoms with Crippen molar-refractivity contribution in [1.29, 1.82) is 0 Å². The lowest BCUT2D eigenvalue weighted by Gasteiger charge is -2.31. The van der Waals surface area contributed by atoms with E-state index in [4.69, 9.17) is 11.6 Å². The molecule has 3 rings (SSSR count). The minimum absolute atomic E-state index is 0.0409. The van der Waals surface area contributed by atoms with Crippen molar-refractivity contribution in [1.82, 2.24) is 9.62 Å². The molecular weight excluding hydrogens is 420 g/mol. The van der Waals surface area contributed by atoms with Crippen LogP contribution in [0.2, 0.25) is 5.02 Å². The maximum absolute atomic E-state index is 13.0. The van der Waals surface area contributed by atoms with Gasteiger partial charge in [0, 0.05) is 24.0 Å². The lowest BCUT2D eigenvalue weighted by molar-refractivity contribution is -0.126. The molecule has 1 aliphatic rings. The molecule has 0 radical (unpaired) electrons. The number of piperidine rings is 1. The minimum Gasteiger partial charge on any atom is -0.349 e. The van der Waals surface area contributed by atoms with Crippen molar-refractivity contribution < 1.29 is 13.2 Å². The highest BCUT2D eigenvalue weighted by Gasteiger charge is 2.32. The fourth-order valence-electron chi connectivity index (χ4n) is 3.72. The predicted molar refractivity (Wildman–Crippen MR) is 120 cm³/mol. The van der Waals surface area contributed by atoms with E-state index in [2.05, 4.69) is 19.2 Å². The van der Waals surface area contributed by atoms with Gasteiger partial charge in [-0.2, -0.15) is 4.31 Å². The SMILES string of the molecule is CC(C)c1ccc(S(=O)(=O)N2CCC(C(=O)NC(C)c3cccc(Cl)c3)CC2)cc1. The van der Waals surface area contributed by atoms with Crippen LogP contribution < -0.4 is 5.32 Å². The van der Waals surface area contributed by atoms with Crippen molar-refractivity contribution in [3.63, 3.8) is 0 Å². The summed E-state index contributed by atoms with van der Waals surface area (Å²) >= 11 is 6.03. The Labute approximate surface area is 184 Å². The van der Waals surface area contributed by atoms with E-state index < -0.39 is 10.0 Å². The minimum atomic E-state index is -3.54. The summed E-state index contributed by atoms with van der Waals surface area (Å²) in [6.45, 7) is 6.76. The molecule has 0 bridgehead atoms. The van der Waals surface area contributed by atoms with Crippen LogP contribution in [0.15, 0.2) is 53.4 Å². The fraction of sp³-hybridized carbons (Fsp3) is 0.435. The number of rotatable bonds is 6. The van der Waals surface area contributed by atoms with Crippen LogP contribution in [-0.4, -0.2) is 31.7 Å². The van der Waals surface area contributed by atoms with Crippen molar-refractivity contribution >= 4 is 27.5 Å². The zero-order valence-electron chi connectivity index (χ0n) is 17.6. The van der Waals surface area contributed by atoms with Gasteiger partial charge in [-0.3, -0.25) is 4.79 Å². The number of benzene rings is 2. The Morgan fingerprint density at radius 3 is 2.23 bits per heavy atom. The molecule has 0 saturated carbocycles. The third-order valence-corrected chi connectivity index (χ3v) is 7.86. The molecule has 1 fully saturated rings. The second-order valence-corrected chi connectivity index (χ2v) is 10.6. The van der Waals surface area contributed by atoms with E-state index >= 15 is 0 Å². The van der Waals surface area contributed by atoms with Crippen LogP contribution in [0.4, 0.5) is 0 Å². The molecular formula is C23H29ClN2O3S. The Hall–Kier alpha value is -1.89. The standard InChI is InChI=1S/C23H29ClN2O3S/c1-16(2)18-7-9-22(10-8-18)30(28,29)26-13-11-19(12-14-26)23(27)25-17(3)20-5-4-6-21(24)15-20/h4-10,15-17,19H,11-14H2,1-3H3,(H,25,27). The molecule has 2 aromatic rings. The second-order valence-electron chi connectivity index (χ2n) is 8.19. The first-order valence-electron chi connectivity index (χ1n) is 10.3. The van der Waals surface area contributed by atoms with Crippen LogP contribution in [0, 0.1) is 5.92 Å². The number of halogens is 1. The number of carbonyl (C=O) groups excluding carboxylic acids is 1. The third kappa shape index (κ3) is 5.23. The second kappa shape index (κ2) is 9.50. The molecule has 2 aromatic carbocycles. The zero-order valence-corrected chi connectivity index (χ0v) is 19.2. The summed E-state index contributed by atoms with van der Waals surface area (Å²) in [6, 6.07) is 14.4. The van der Waals surface area contributed by atoms with Gasteiger partial charge < -0.3 is 5.32 Å². The first kappa shape index (κ1) is 22.8. The van der Waals surface area contributed by atoms with E-state index in [0.29, 0.717) is 41.8 Å². The summed E-state index contributed by atoms with van der Waals surface area (Å²) in [5, 5.41) is 3.66. The van der Waals surface area contributed by atoms with Crippen LogP contribution in [0.25, 0.3) is 0 Å². The van der Waals surface area contributed by atoms with Crippen molar-refractivity contribution in [2.45, 2.75) is 50.5 Å². The monoisotopic (exact) mass is 448 g/mol. The molecule has 162 valence electrons. The highest BCUT2D eigenvalue weighted by Crippen LogP contribution is 2.26. The topological polar surface area (TPSA) is 66.5 Å². The van der Waals surface area contributed by atoms with Gasteiger partial charge in [0.2, 0.25) is 15.9 Å². The Kier molecular flexibility index (Phi) is 7.22. The molecule has 5 nitrogen and oxygen atoms in total. The summed E-state index contributed by atoms with van der Waals surface area (Å²) in [6.07, 6.45) is 1.02. The maximum atomic E-state index is 13.0. The van der Waals surface area contributed by atoms with Gasteiger partial charge in [-0.15, -0.1) is 0 Å². The molecule has 30 heavy (non-hydrogen) atoms. The van der Waals surface area contributed by atoms with Gasteiger partial charge >= 0.3 is 0 Å². The molecule has 1 aliphatic heterocycles. The average Bonchev–Trinajstić information content (AvgIpc) is 2.73. The summed E-state index contributed by atoms with van der Waals surface area (Å²) < 4.78 is 27.4. The van der Waals surface area contributed by atoms with Crippen molar-refractivity contribution in [2.24, 2.45) is 5.92 Å². The number of hydrogen-bond donors (Lipinski definition) is 1. The summed E-state index contributed by atoms with van der Waals surface area (Å²) in [7, 11) is -3.54. The number of nitrogens with one attached hydrogen (secondary N) is 1. The zero-order chi connectivity index (χ0) is 21.9. The molecule has 1 saturated heterocycles. The van der Waals surface area contributed by atoms with E-state index in [1.165, 1.54) is 4.31 Å². The molecule has 7 heteroatoms. The Morgan fingerprint density at radius 2 is 1.67 bits per heavy atom. The van der Waals surface area contributed by atoms with Crippen LogP contribution in [0.5, 0.6) is 0 Å². The Morgan fingerprint density at radius 1 is 1.03 bits per heavy atom. The fourth-order valence-corrected chi connectivity index (χ4v) is 5.39. The molecule has 0 spiro atoms. The highest BCUT2D eigenvalue weighted by atomic mass is 35.5. The molecule has 1 amide bonds. The first-order valence-corrected chi connectivity index (χ1v) is 12.2. The largest absolute Gasteiger partial charge is 0.349 e. The van der Waals surface area contributed by atoms with Gasteiger partial charge in [-0.25, -0.2) is 8.42 Å². The van der Waals surface area contributed by atoms with Crippen LogP contribution in [0.3, 0.4) is 0 Å². The first-order chi connectivity index (χ1) is 14.2. The summed E-state index contributed by atoms with van der Waals surface area (Å²) in [5.41, 5.74) is 2.05. The van der Waals surface area contributed by atoms with Gasteiger partial charge in [0.05, 0.1) is 10.9 Å². The Bertz CT molecular complexity index is 982. The van der Waals surface area contributed by atoms with Gasteiger partial charge in [0.1, 0.15) is 0 Å². The number of sulfonamides is 1. The highest BCUT2D eigenvalue weighted by molar-refractivity contribution is 7.89. The molecule has 0 aliphatic carbocycles. The van der Waals surface area contributed by atoms with E-state index in [0.717, 1.165) is 11.1 Å². The molecule has 1 atom stereocenters. The lowest BCUT2D eigenvalue weighted by atomic mass is 9.96. The van der Waals surface area contributed by atoms with Gasteiger partial charge in [0.25, 0.3) is 0 Å². The Balaban J connectivity index is 1.59.